The van der Waals surface area contributed by atoms with Gasteiger partial charge in [-0.25, -0.2) is 0 Å². The van der Waals surface area contributed by atoms with Gasteiger partial charge in [-0.05, 0) is 38.8 Å². The minimum Gasteiger partial charge on any atom is -0.393 e. The monoisotopic (exact) mass is 264 g/mol. The molecule has 0 aliphatic rings. The average molecular weight is 264 g/mol. The molecule has 0 spiro atoms. The first-order valence-electron chi connectivity index (χ1n) is 6.66. The second-order valence-electron chi connectivity index (χ2n) is 4.94. The van der Waals surface area contributed by atoms with Crippen molar-refractivity contribution in [2.24, 2.45) is 5.73 Å². The number of nitrogens with two attached hydrogens (primary N) is 1. The van der Waals surface area contributed by atoms with E-state index in [0.717, 1.165) is 25.9 Å². The summed E-state index contributed by atoms with van der Waals surface area (Å²) in [6.07, 6.45) is 3.13. The van der Waals surface area contributed by atoms with Gasteiger partial charge in [-0.15, -0.1) is 0 Å². The lowest BCUT2D eigenvalue weighted by Gasteiger charge is -2.26. The van der Waals surface area contributed by atoms with Crippen LogP contribution in [-0.2, 0) is 6.42 Å². The van der Waals surface area contributed by atoms with E-state index in [1.165, 1.54) is 12.0 Å². The highest BCUT2D eigenvalue weighted by Crippen LogP contribution is 2.06. The molecular formula is C15H24N2S. The molecule has 0 atom stereocenters. The fraction of sp³-hybridized carbons (Fsp3) is 0.533. The summed E-state index contributed by atoms with van der Waals surface area (Å²) in [6, 6.07) is 11.2. The molecule has 18 heavy (non-hydrogen) atoms. The minimum atomic E-state index is 0.551. The molecule has 2 N–H and O–H groups in total. The zero-order valence-electron chi connectivity index (χ0n) is 11.4. The van der Waals surface area contributed by atoms with Gasteiger partial charge in [0.05, 0.1) is 4.99 Å². The Morgan fingerprint density at radius 3 is 2.44 bits per heavy atom. The van der Waals surface area contributed by atoms with Crippen LogP contribution in [-0.4, -0.2) is 29.0 Å². The lowest BCUT2D eigenvalue weighted by Crippen LogP contribution is -2.34. The quantitative estimate of drug-likeness (QED) is 0.732. The maximum absolute atomic E-state index is 5.57. The maximum atomic E-state index is 5.57. The average Bonchev–Trinajstić information content (AvgIpc) is 2.34. The van der Waals surface area contributed by atoms with Crippen LogP contribution in [0.4, 0.5) is 0 Å². The predicted octanol–water partition coefficient (Wildman–Crippen LogP) is 3.01. The van der Waals surface area contributed by atoms with Crippen molar-refractivity contribution in [3.8, 4) is 0 Å². The van der Waals surface area contributed by atoms with Gasteiger partial charge >= 0.3 is 0 Å². The van der Waals surface area contributed by atoms with Crippen molar-refractivity contribution in [1.29, 1.82) is 0 Å². The van der Waals surface area contributed by atoms with Gasteiger partial charge in [0.25, 0.3) is 0 Å². The third-order valence-corrected chi connectivity index (χ3v) is 3.33. The van der Waals surface area contributed by atoms with E-state index in [1.54, 1.807) is 0 Å². The van der Waals surface area contributed by atoms with Crippen molar-refractivity contribution in [2.75, 3.05) is 13.1 Å². The summed E-state index contributed by atoms with van der Waals surface area (Å²) in [5, 5.41) is 0. The van der Waals surface area contributed by atoms with Gasteiger partial charge in [0, 0.05) is 19.0 Å². The molecule has 0 amide bonds. The lowest BCUT2D eigenvalue weighted by molar-refractivity contribution is 0.225. The Hall–Kier alpha value is -0.930. The molecule has 2 nitrogen and oxygen atoms in total. The maximum Gasteiger partial charge on any atom is 0.0740 e. The molecule has 0 bridgehead atoms. The van der Waals surface area contributed by atoms with Crippen LogP contribution >= 0.6 is 12.2 Å². The van der Waals surface area contributed by atoms with Crippen LogP contribution in [0.2, 0.25) is 0 Å². The zero-order valence-corrected chi connectivity index (χ0v) is 12.2. The number of hydrogen-bond donors (Lipinski definition) is 1. The van der Waals surface area contributed by atoms with E-state index < -0.39 is 0 Å². The molecular weight excluding hydrogens is 240 g/mol. The minimum absolute atomic E-state index is 0.551. The van der Waals surface area contributed by atoms with Gasteiger partial charge in [0.2, 0.25) is 0 Å². The molecule has 0 unspecified atom stereocenters. The van der Waals surface area contributed by atoms with Crippen LogP contribution in [0.3, 0.4) is 0 Å². The number of hydrogen-bond acceptors (Lipinski definition) is 2. The molecule has 100 valence electrons. The van der Waals surface area contributed by atoms with Gasteiger partial charge in [-0.3, -0.25) is 0 Å². The Morgan fingerprint density at radius 1 is 1.22 bits per heavy atom. The number of rotatable bonds is 8. The Labute approximate surface area is 116 Å². The first-order valence-corrected chi connectivity index (χ1v) is 7.06. The predicted molar refractivity (Wildman–Crippen MR) is 82.9 cm³/mol. The van der Waals surface area contributed by atoms with Gasteiger partial charge < -0.3 is 10.6 Å². The fourth-order valence-corrected chi connectivity index (χ4v) is 2.10. The first-order chi connectivity index (χ1) is 8.59. The first kappa shape index (κ1) is 15.1. The van der Waals surface area contributed by atoms with E-state index >= 15 is 0 Å². The number of aryl methyl sites for hydroxylation is 1. The van der Waals surface area contributed by atoms with E-state index in [2.05, 4.69) is 49.1 Å². The third-order valence-electron chi connectivity index (χ3n) is 3.13. The summed E-state index contributed by atoms with van der Waals surface area (Å²) < 4.78 is 0. The Bertz CT molecular complexity index is 349. The van der Waals surface area contributed by atoms with Crippen molar-refractivity contribution >= 4 is 17.2 Å². The summed E-state index contributed by atoms with van der Waals surface area (Å²) in [5.41, 5.74) is 6.98. The molecule has 0 aliphatic carbocycles. The normalized spacial score (nSPS) is 11.1. The third kappa shape index (κ3) is 6.12. The molecule has 1 rings (SSSR count). The SMILES string of the molecule is CC(C)N(CCCc1ccccc1)CCC(N)=S. The van der Waals surface area contributed by atoms with Gasteiger partial charge in [-0.2, -0.15) is 0 Å². The van der Waals surface area contributed by atoms with Crippen LogP contribution in [0, 0.1) is 0 Å². The summed E-state index contributed by atoms with van der Waals surface area (Å²) >= 11 is 4.94. The largest absolute Gasteiger partial charge is 0.393 e. The highest BCUT2D eigenvalue weighted by Gasteiger charge is 2.09. The van der Waals surface area contributed by atoms with Crippen LogP contribution in [0.1, 0.15) is 32.3 Å². The summed E-state index contributed by atoms with van der Waals surface area (Å²) in [6.45, 7) is 6.53. The topological polar surface area (TPSA) is 29.3 Å². The lowest BCUT2D eigenvalue weighted by atomic mass is 10.1. The second-order valence-corrected chi connectivity index (χ2v) is 5.46. The van der Waals surface area contributed by atoms with Gasteiger partial charge in [0.15, 0.2) is 0 Å². The van der Waals surface area contributed by atoms with Gasteiger partial charge in [-0.1, -0.05) is 42.5 Å². The Kier molecular flexibility index (Phi) is 6.91. The van der Waals surface area contributed by atoms with Crippen molar-refractivity contribution < 1.29 is 0 Å². The van der Waals surface area contributed by atoms with Crippen LogP contribution < -0.4 is 5.73 Å². The fourth-order valence-electron chi connectivity index (χ4n) is 2.01. The van der Waals surface area contributed by atoms with E-state index in [-0.39, 0.29) is 0 Å². The van der Waals surface area contributed by atoms with Crippen LogP contribution in [0.15, 0.2) is 30.3 Å². The van der Waals surface area contributed by atoms with E-state index in [1.807, 2.05) is 0 Å². The summed E-state index contributed by atoms with van der Waals surface area (Å²) in [5.74, 6) is 0. The standard InChI is InChI=1S/C15H24N2S/c1-13(2)17(12-10-15(16)18)11-6-9-14-7-4-3-5-8-14/h3-5,7-8,13H,6,9-12H2,1-2H3,(H2,16,18). The molecule has 1 aromatic rings. The Balaban J connectivity index is 2.31. The van der Waals surface area contributed by atoms with Crippen molar-refractivity contribution in [1.82, 2.24) is 4.90 Å². The smallest absolute Gasteiger partial charge is 0.0740 e. The van der Waals surface area contributed by atoms with Crippen LogP contribution in [0.25, 0.3) is 0 Å². The number of nitrogens with zero attached hydrogens (tertiary/aromatic N) is 1. The van der Waals surface area contributed by atoms with Gasteiger partial charge in [0.1, 0.15) is 0 Å². The van der Waals surface area contributed by atoms with Crippen molar-refractivity contribution in [2.45, 2.75) is 39.2 Å². The van der Waals surface area contributed by atoms with Crippen molar-refractivity contribution in [3.63, 3.8) is 0 Å². The second kappa shape index (κ2) is 8.22. The summed E-state index contributed by atoms with van der Waals surface area (Å²) in [4.78, 5) is 3.06. The molecule has 0 saturated heterocycles. The van der Waals surface area contributed by atoms with E-state index in [9.17, 15) is 0 Å². The number of thiocarbonyl (C=S) groups is 1. The number of benzene rings is 1. The molecule has 0 heterocycles. The molecule has 0 aromatic heterocycles. The highest BCUT2D eigenvalue weighted by molar-refractivity contribution is 7.80. The molecule has 0 radical (unpaired) electrons. The molecule has 0 fully saturated rings. The van der Waals surface area contributed by atoms with E-state index in [4.69, 9.17) is 18.0 Å². The zero-order chi connectivity index (χ0) is 13.4. The molecule has 1 aromatic carbocycles. The van der Waals surface area contributed by atoms with Crippen molar-refractivity contribution in [3.05, 3.63) is 35.9 Å². The van der Waals surface area contributed by atoms with E-state index in [0.29, 0.717) is 11.0 Å². The highest BCUT2D eigenvalue weighted by atomic mass is 32.1. The Morgan fingerprint density at radius 2 is 1.89 bits per heavy atom. The van der Waals surface area contributed by atoms with Crippen LogP contribution in [0.5, 0.6) is 0 Å². The molecule has 0 aliphatic heterocycles. The summed E-state index contributed by atoms with van der Waals surface area (Å²) in [7, 11) is 0. The molecule has 3 heteroatoms. The molecule has 0 saturated carbocycles.